The molecule has 0 aliphatic heterocycles. The van der Waals surface area contributed by atoms with Crippen LogP contribution in [0.4, 0.5) is 8.78 Å². The summed E-state index contributed by atoms with van der Waals surface area (Å²) in [6.45, 7) is 4.40. The van der Waals surface area contributed by atoms with E-state index in [2.05, 4.69) is 26.0 Å². The highest BCUT2D eigenvalue weighted by molar-refractivity contribution is 5.75. The first-order valence-electron chi connectivity index (χ1n) is 13.0. The second-order valence-electron chi connectivity index (χ2n) is 9.91. The zero-order valence-electron chi connectivity index (χ0n) is 19.8. The largest absolute Gasteiger partial charge is 0.203 e. The predicted molar refractivity (Wildman–Crippen MR) is 129 cm³/mol. The number of benzene rings is 1. The zero-order chi connectivity index (χ0) is 22.1. The molecule has 1 atom stereocenters. The van der Waals surface area contributed by atoms with Gasteiger partial charge >= 0.3 is 0 Å². The number of rotatable bonds is 11. The monoisotopic (exact) mass is 428 g/mol. The fraction of sp³-hybridized carbons (Fsp3) is 0.655. The molecular formula is C29H42F2. The van der Waals surface area contributed by atoms with Crippen molar-refractivity contribution < 1.29 is 8.78 Å². The van der Waals surface area contributed by atoms with Crippen molar-refractivity contribution in [2.75, 3.05) is 0 Å². The first kappa shape index (κ1) is 24.2. The molecule has 0 radical (unpaired) electrons. The van der Waals surface area contributed by atoms with Gasteiger partial charge in [0.2, 0.25) is 0 Å². The van der Waals surface area contributed by atoms with Crippen molar-refractivity contribution in [1.82, 2.24) is 0 Å². The molecule has 2 aliphatic rings. The molecule has 0 saturated heterocycles. The quantitative estimate of drug-likeness (QED) is 0.308. The first-order chi connectivity index (χ1) is 15.1. The SMILES string of the molecule is CCCCCC[C@H]1CC[C@H](C2C=CC(c3ccc(CCCCC)c(F)c3F)=CC2)CC1. The molecule has 0 spiro atoms. The lowest BCUT2D eigenvalue weighted by molar-refractivity contribution is 0.218. The van der Waals surface area contributed by atoms with E-state index in [0.717, 1.165) is 43.1 Å². The van der Waals surface area contributed by atoms with E-state index in [0.29, 0.717) is 23.5 Å². The third-order valence-electron chi connectivity index (χ3n) is 7.62. The molecule has 1 unspecified atom stereocenters. The Morgan fingerprint density at radius 3 is 2.26 bits per heavy atom. The van der Waals surface area contributed by atoms with Crippen LogP contribution < -0.4 is 0 Å². The molecule has 1 aromatic rings. The lowest BCUT2D eigenvalue weighted by atomic mass is 9.72. The second kappa shape index (κ2) is 12.6. The van der Waals surface area contributed by atoms with Gasteiger partial charge in [0.1, 0.15) is 0 Å². The van der Waals surface area contributed by atoms with E-state index < -0.39 is 11.6 Å². The number of aryl methyl sites for hydroxylation is 1. The van der Waals surface area contributed by atoms with Crippen LogP contribution in [0.5, 0.6) is 0 Å². The minimum atomic E-state index is -0.674. The van der Waals surface area contributed by atoms with Gasteiger partial charge in [0.25, 0.3) is 0 Å². The summed E-state index contributed by atoms with van der Waals surface area (Å²) in [5.74, 6) is 0.920. The minimum Gasteiger partial charge on any atom is -0.203 e. The molecule has 1 fully saturated rings. The molecule has 2 aliphatic carbocycles. The highest BCUT2D eigenvalue weighted by Crippen LogP contribution is 2.40. The molecule has 31 heavy (non-hydrogen) atoms. The molecule has 2 heteroatoms. The molecule has 0 heterocycles. The molecule has 0 N–H and O–H groups in total. The van der Waals surface area contributed by atoms with Gasteiger partial charge in [-0.05, 0) is 61.0 Å². The van der Waals surface area contributed by atoms with E-state index in [-0.39, 0.29) is 0 Å². The Morgan fingerprint density at radius 2 is 1.58 bits per heavy atom. The number of hydrogen-bond acceptors (Lipinski definition) is 0. The van der Waals surface area contributed by atoms with Gasteiger partial charge in [-0.1, -0.05) is 102 Å². The standard InChI is InChI=1S/C29H42F2/c1-3-5-7-9-10-22-12-14-23(15-13-22)24-16-18-25(19-17-24)27-21-20-26(11-8-6-4-2)28(30)29(27)31/h16,18-24H,3-15,17H2,1-2H3/t22-,23-,24?. The third kappa shape index (κ3) is 6.77. The fourth-order valence-corrected chi connectivity index (χ4v) is 5.52. The van der Waals surface area contributed by atoms with Crippen molar-refractivity contribution in [3.8, 4) is 0 Å². The van der Waals surface area contributed by atoms with Crippen molar-refractivity contribution in [3.63, 3.8) is 0 Å². The van der Waals surface area contributed by atoms with Crippen LogP contribution in [0.25, 0.3) is 5.57 Å². The average molecular weight is 429 g/mol. The molecule has 3 rings (SSSR count). The summed E-state index contributed by atoms with van der Waals surface area (Å²) in [6, 6.07) is 3.56. The Hall–Kier alpha value is -1.44. The van der Waals surface area contributed by atoms with Crippen LogP contribution in [0, 0.1) is 29.4 Å². The molecular weight excluding hydrogens is 386 g/mol. The summed E-state index contributed by atoms with van der Waals surface area (Å²) in [7, 11) is 0. The van der Waals surface area contributed by atoms with Gasteiger partial charge in [-0.15, -0.1) is 0 Å². The van der Waals surface area contributed by atoms with Crippen LogP contribution in [0.15, 0.2) is 30.4 Å². The van der Waals surface area contributed by atoms with Gasteiger partial charge in [0.15, 0.2) is 11.6 Å². The normalized spacial score (nSPS) is 23.7. The van der Waals surface area contributed by atoms with Crippen molar-refractivity contribution >= 4 is 5.57 Å². The zero-order valence-corrected chi connectivity index (χ0v) is 19.8. The summed E-state index contributed by atoms with van der Waals surface area (Å²) in [5.41, 5.74) is 1.78. The van der Waals surface area contributed by atoms with E-state index >= 15 is 0 Å². The summed E-state index contributed by atoms with van der Waals surface area (Å²) in [6.07, 6.45) is 23.4. The Labute approximate surface area is 189 Å². The highest BCUT2D eigenvalue weighted by Gasteiger charge is 2.27. The van der Waals surface area contributed by atoms with Gasteiger partial charge < -0.3 is 0 Å². The summed E-state index contributed by atoms with van der Waals surface area (Å²) in [5, 5.41) is 0. The minimum absolute atomic E-state index is 0.419. The lowest BCUT2D eigenvalue weighted by Crippen LogP contribution is -2.21. The lowest BCUT2D eigenvalue weighted by Gasteiger charge is -2.33. The van der Waals surface area contributed by atoms with Gasteiger partial charge in [-0.3, -0.25) is 0 Å². The average Bonchev–Trinajstić information content (AvgIpc) is 2.80. The van der Waals surface area contributed by atoms with Crippen molar-refractivity contribution in [2.45, 2.75) is 104 Å². The van der Waals surface area contributed by atoms with Crippen molar-refractivity contribution in [3.05, 3.63) is 53.1 Å². The molecule has 172 valence electrons. The van der Waals surface area contributed by atoms with Gasteiger partial charge in [0, 0.05) is 5.56 Å². The molecule has 1 saturated carbocycles. The smallest absolute Gasteiger partial charge is 0.166 e. The van der Waals surface area contributed by atoms with E-state index in [1.807, 2.05) is 6.08 Å². The van der Waals surface area contributed by atoms with Gasteiger partial charge in [-0.25, -0.2) is 8.78 Å². The third-order valence-corrected chi connectivity index (χ3v) is 7.62. The number of unbranched alkanes of at least 4 members (excludes halogenated alkanes) is 5. The number of allylic oxidation sites excluding steroid dienone is 4. The summed E-state index contributed by atoms with van der Waals surface area (Å²) >= 11 is 0. The van der Waals surface area contributed by atoms with E-state index in [4.69, 9.17) is 0 Å². The maximum atomic E-state index is 14.8. The van der Waals surface area contributed by atoms with E-state index in [1.54, 1.807) is 12.1 Å². The molecule has 0 aromatic heterocycles. The molecule has 0 nitrogen and oxygen atoms in total. The Morgan fingerprint density at radius 1 is 0.839 bits per heavy atom. The molecule has 1 aromatic carbocycles. The van der Waals surface area contributed by atoms with Crippen LogP contribution in [0.2, 0.25) is 0 Å². The van der Waals surface area contributed by atoms with Crippen LogP contribution in [0.3, 0.4) is 0 Å². The highest BCUT2D eigenvalue weighted by atomic mass is 19.2. The van der Waals surface area contributed by atoms with Crippen molar-refractivity contribution in [1.29, 1.82) is 0 Å². The molecule has 0 amide bonds. The van der Waals surface area contributed by atoms with E-state index in [1.165, 1.54) is 57.8 Å². The number of halogens is 2. The van der Waals surface area contributed by atoms with Gasteiger partial charge in [0.05, 0.1) is 0 Å². The van der Waals surface area contributed by atoms with Crippen LogP contribution in [0.1, 0.15) is 108 Å². The van der Waals surface area contributed by atoms with Crippen molar-refractivity contribution in [2.24, 2.45) is 17.8 Å². The summed E-state index contributed by atoms with van der Waals surface area (Å²) < 4.78 is 29.3. The first-order valence-corrected chi connectivity index (χ1v) is 13.0. The molecule has 0 bridgehead atoms. The predicted octanol–water partition coefficient (Wildman–Crippen LogP) is 9.43. The number of hydrogen-bond donors (Lipinski definition) is 0. The Kier molecular flexibility index (Phi) is 9.81. The van der Waals surface area contributed by atoms with Gasteiger partial charge in [-0.2, -0.15) is 0 Å². The second-order valence-corrected chi connectivity index (χ2v) is 9.91. The summed E-state index contributed by atoms with van der Waals surface area (Å²) in [4.78, 5) is 0. The maximum absolute atomic E-state index is 14.8. The fourth-order valence-electron chi connectivity index (χ4n) is 5.52. The van der Waals surface area contributed by atoms with Crippen LogP contribution in [-0.4, -0.2) is 0 Å². The maximum Gasteiger partial charge on any atom is 0.166 e. The Bertz CT molecular complexity index is 737. The van der Waals surface area contributed by atoms with E-state index in [9.17, 15) is 8.78 Å². The van der Waals surface area contributed by atoms with Crippen LogP contribution >= 0.6 is 0 Å². The Balaban J connectivity index is 1.51. The van der Waals surface area contributed by atoms with Crippen LogP contribution in [-0.2, 0) is 6.42 Å². The topological polar surface area (TPSA) is 0 Å².